The summed E-state index contributed by atoms with van der Waals surface area (Å²) in [6, 6.07) is -3.75. The van der Waals surface area contributed by atoms with E-state index in [1.165, 1.54) is 18.9 Å². The Labute approximate surface area is 223 Å². The lowest BCUT2D eigenvalue weighted by Crippen LogP contribution is -2.59. The number of amides is 4. The molecule has 13 nitrogen and oxygen atoms in total. The van der Waals surface area contributed by atoms with Crippen LogP contribution in [0.4, 0.5) is 0 Å². The van der Waals surface area contributed by atoms with Crippen molar-refractivity contribution in [1.29, 1.82) is 0 Å². The number of carbonyl (C=O) groups is 6. The second-order valence-corrected chi connectivity index (χ2v) is 10.4. The number of rotatable bonds is 15. The van der Waals surface area contributed by atoms with Gasteiger partial charge in [0, 0.05) is 13.0 Å². The Balaban J connectivity index is 3.03. The lowest BCUT2D eigenvalue weighted by atomic mass is 10.00. The fourth-order valence-corrected chi connectivity index (χ4v) is 4.32. The van der Waals surface area contributed by atoms with Crippen LogP contribution in [0.5, 0.6) is 0 Å². The molecule has 0 aliphatic carbocycles. The van der Waals surface area contributed by atoms with E-state index in [2.05, 4.69) is 16.0 Å². The molecule has 6 N–H and O–H groups in total. The average Bonchev–Trinajstić information content (AvgIpc) is 3.32. The van der Waals surface area contributed by atoms with E-state index in [1.807, 2.05) is 13.8 Å². The molecule has 0 bridgehead atoms. The zero-order valence-electron chi connectivity index (χ0n) is 23.1. The summed E-state index contributed by atoms with van der Waals surface area (Å²) in [5, 5.41) is 17.7. The Hall–Kier alpha value is -3.06. The van der Waals surface area contributed by atoms with Crippen LogP contribution < -0.4 is 21.7 Å². The second-order valence-electron chi connectivity index (χ2n) is 10.4. The van der Waals surface area contributed by atoms with E-state index < -0.39 is 65.8 Å². The fraction of sp³-hybridized carbons (Fsp3) is 0.760. The number of ether oxygens (including phenoxy) is 1. The Morgan fingerprint density at radius 1 is 1.03 bits per heavy atom. The maximum absolute atomic E-state index is 13.5. The standard InChI is InChI=1S/C25H43N5O8/c1-13(2)12-17(25(37)38-6)28-23(35)18-8-7-11-30(18)24(36)20(14(3)4)29-22(34)16(27-15(5)31)9-10-19(32)21(26)33/h13-18,20,27,31H,7-12H2,1-6H3,(H2,26,33)(H,28,35)(H,29,34)/t15?,16-,17-,18-,20-/m0/s1. The summed E-state index contributed by atoms with van der Waals surface area (Å²) in [5.41, 5.74) is 4.98. The second kappa shape index (κ2) is 15.4. The minimum Gasteiger partial charge on any atom is -0.467 e. The van der Waals surface area contributed by atoms with Gasteiger partial charge in [0.25, 0.3) is 5.91 Å². The highest BCUT2D eigenvalue weighted by molar-refractivity contribution is 6.35. The summed E-state index contributed by atoms with van der Waals surface area (Å²) in [6.07, 6.45) is -0.219. The molecule has 1 rings (SSSR count). The molecule has 0 radical (unpaired) electrons. The van der Waals surface area contributed by atoms with Crippen molar-refractivity contribution < 1.29 is 38.6 Å². The van der Waals surface area contributed by atoms with Crippen molar-refractivity contribution in [3.8, 4) is 0 Å². The largest absolute Gasteiger partial charge is 0.467 e. The van der Waals surface area contributed by atoms with Crippen LogP contribution in [0.25, 0.3) is 0 Å². The van der Waals surface area contributed by atoms with Gasteiger partial charge < -0.3 is 31.1 Å². The van der Waals surface area contributed by atoms with Crippen LogP contribution in [-0.4, -0.2) is 89.4 Å². The summed E-state index contributed by atoms with van der Waals surface area (Å²) in [4.78, 5) is 76.0. The van der Waals surface area contributed by atoms with Gasteiger partial charge in [0.15, 0.2) is 0 Å². The van der Waals surface area contributed by atoms with Crippen molar-refractivity contribution in [2.45, 2.75) is 97.1 Å². The van der Waals surface area contributed by atoms with Gasteiger partial charge in [-0.05, 0) is 44.4 Å². The number of carbonyl (C=O) groups excluding carboxylic acids is 6. The molecule has 13 heteroatoms. The lowest BCUT2D eigenvalue weighted by molar-refractivity contribution is -0.147. The molecule has 1 fully saturated rings. The van der Waals surface area contributed by atoms with Crippen LogP contribution in [0.15, 0.2) is 0 Å². The quantitative estimate of drug-likeness (QED) is 0.0976. The van der Waals surface area contributed by atoms with E-state index in [0.29, 0.717) is 25.8 Å². The number of hydrogen-bond acceptors (Lipinski definition) is 9. The molecule has 0 aromatic heterocycles. The Morgan fingerprint density at radius 3 is 2.16 bits per heavy atom. The molecule has 38 heavy (non-hydrogen) atoms. The number of likely N-dealkylation sites (tertiary alicyclic amines) is 1. The van der Waals surface area contributed by atoms with Gasteiger partial charge >= 0.3 is 5.97 Å². The number of nitrogens with one attached hydrogen (secondary N) is 3. The summed E-state index contributed by atoms with van der Waals surface area (Å²) < 4.78 is 4.81. The molecule has 1 heterocycles. The zero-order chi connectivity index (χ0) is 29.2. The lowest BCUT2D eigenvalue weighted by Gasteiger charge is -2.32. The average molecular weight is 542 g/mol. The van der Waals surface area contributed by atoms with E-state index in [-0.39, 0.29) is 24.7 Å². The highest BCUT2D eigenvalue weighted by Crippen LogP contribution is 2.21. The fourth-order valence-electron chi connectivity index (χ4n) is 4.32. The van der Waals surface area contributed by atoms with Crippen LogP contribution in [0.2, 0.25) is 0 Å². The molecule has 0 aromatic carbocycles. The predicted octanol–water partition coefficient (Wildman–Crippen LogP) is -1.05. The summed E-state index contributed by atoms with van der Waals surface area (Å²) in [6.45, 7) is 8.97. The first-order valence-corrected chi connectivity index (χ1v) is 12.9. The minimum atomic E-state index is -1.13. The first-order chi connectivity index (χ1) is 17.7. The number of methoxy groups -OCH3 is 1. The maximum Gasteiger partial charge on any atom is 0.328 e. The van der Waals surface area contributed by atoms with Crippen molar-refractivity contribution in [2.24, 2.45) is 17.6 Å². The molecular weight excluding hydrogens is 498 g/mol. The highest BCUT2D eigenvalue weighted by Gasteiger charge is 2.40. The monoisotopic (exact) mass is 541 g/mol. The van der Waals surface area contributed by atoms with Crippen LogP contribution >= 0.6 is 0 Å². The minimum absolute atomic E-state index is 0.114. The van der Waals surface area contributed by atoms with Gasteiger partial charge in [0.05, 0.1) is 13.2 Å². The molecule has 216 valence electrons. The molecule has 1 aliphatic heterocycles. The van der Waals surface area contributed by atoms with Gasteiger partial charge in [0.2, 0.25) is 23.5 Å². The van der Waals surface area contributed by atoms with Crippen LogP contribution in [0.1, 0.15) is 66.7 Å². The number of nitrogens with zero attached hydrogens (tertiary/aromatic N) is 1. The third-order valence-corrected chi connectivity index (χ3v) is 6.27. The Morgan fingerprint density at radius 2 is 1.66 bits per heavy atom. The van der Waals surface area contributed by atoms with Gasteiger partial charge in [-0.2, -0.15) is 0 Å². The van der Waals surface area contributed by atoms with E-state index in [9.17, 15) is 33.9 Å². The van der Waals surface area contributed by atoms with Gasteiger partial charge in [-0.15, -0.1) is 0 Å². The maximum atomic E-state index is 13.5. The molecule has 1 saturated heterocycles. The van der Waals surface area contributed by atoms with Crippen molar-refractivity contribution in [3.05, 3.63) is 0 Å². The summed E-state index contributed by atoms with van der Waals surface area (Å²) in [7, 11) is 1.24. The van der Waals surface area contributed by atoms with Crippen molar-refractivity contribution in [1.82, 2.24) is 20.9 Å². The number of Topliss-reactive ketones (excluding diaryl/α,β-unsaturated/α-hetero) is 1. The van der Waals surface area contributed by atoms with Gasteiger partial charge in [-0.25, -0.2) is 4.79 Å². The Kier molecular flexibility index (Phi) is 13.3. The smallest absolute Gasteiger partial charge is 0.328 e. The van der Waals surface area contributed by atoms with Gasteiger partial charge in [-0.3, -0.25) is 29.3 Å². The number of primary amides is 1. The van der Waals surface area contributed by atoms with Crippen LogP contribution in [0.3, 0.4) is 0 Å². The molecule has 0 aromatic rings. The number of hydrogen-bond donors (Lipinski definition) is 5. The van der Waals surface area contributed by atoms with Crippen LogP contribution in [0, 0.1) is 11.8 Å². The predicted molar refractivity (Wildman–Crippen MR) is 137 cm³/mol. The van der Waals surface area contributed by atoms with Crippen LogP contribution in [-0.2, 0) is 33.5 Å². The highest BCUT2D eigenvalue weighted by atomic mass is 16.5. The zero-order valence-corrected chi connectivity index (χ0v) is 23.1. The van der Waals surface area contributed by atoms with Gasteiger partial charge in [0.1, 0.15) is 24.4 Å². The van der Waals surface area contributed by atoms with E-state index in [1.54, 1.807) is 13.8 Å². The summed E-state index contributed by atoms with van der Waals surface area (Å²) >= 11 is 0. The molecular formula is C25H43N5O8. The first kappa shape index (κ1) is 33.0. The van der Waals surface area contributed by atoms with E-state index in [4.69, 9.17) is 10.5 Å². The van der Waals surface area contributed by atoms with Crippen molar-refractivity contribution in [2.75, 3.05) is 13.7 Å². The molecule has 1 aliphatic rings. The molecule has 0 saturated carbocycles. The third-order valence-electron chi connectivity index (χ3n) is 6.27. The molecule has 0 spiro atoms. The molecule has 4 amide bonds. The van der Waals surface area contributed by atoms with Crippen molar-refractivity contribution >= 4 is 35.4 Å². The normalized spacial score (nSPS) is 18.4. The number of aliphatic hydroxyl groups excluding tert-OH is 1. The topological polar surface area (TPSA) is 197 Å². The van der Waals surface area contributed by atoms with E-state index in [0.717, 1.165) is 0 Å². The number of aliphatic hydroxyl groups is 1. The Bertz CT molecular complexity index is 876. The third kappa shape index (κ3) is 10.0. The molecule has 5 atom stereocenters. The van der Waals surface area contributed by atoms with Gasteiger partial charge in [-0.1, -0.05) is 27.7 Å². The number of nitrogens with two attached hydrogens (primary N) is 1. The molecule has 1 unspecified atom stereocenters. The summed E-state index contributed by atoms with van der Waals surface area (Å²) in [5.74, 6) is -4.40. The number of ketones is 1. The number of esters is 1. The van der Waals surface area contributed by atoms with Crippen molar-refractivity contribution in [3.63, 3.8) is 0 Å². The SMILES string of the molecule is COC(=O)[C@H](CC(C)C)NC(=O)[C@@H]1CCCN1C(=O)[C@@H](NC(=O)[C@H](CCC(=O)C(N)=O)NC(C)O)C(C)C. The van der Waals surface area contributed by atoms with E-state index >= 15 is 0 Å². The first-order valence-electron chi connectivity index (χ1n) is 12.9.